The largest absolute Gasteiger partial charge is 0.381 e. The third kappa shape index (κ3) is 7.47. The van der Waals surface area contributed by atoms with E-state index in [1.54, 1.807) is 0 Å². The molecule has 2 fully saturated rings. The monoisotopic (exact) mass is 563 g/mol. The van der Waals surface area contributed by atoms with Crippen LogP contribution in [-0.4, -0.2) is 68.7 Å². The van der Waals surface area contributed by atoms with Gasteiger partial charge in [-0.15, -0.1) is 24.0 Å². The van der Waals surface area contributed by atoms with Gasteiger partial charge in [0, 0.05) is 49.3 Å². The van der Waals surface area contributed by atoms with Gasteiger partial charge >= 0.3 is 0 Å². The number of guanidine groups is 1. The Morgan fingerprint density at radius 1 is 1.29 bits per heavy atom. The fraction of sp³-hybridized carbons (Fsp3) is 0.636. The highest BCUT2D eigenvalue weighted by atomic mass is 127. The van der Waals surface area contributed by atoms with Crippen LogP contribution < -0.4 is 16.4 Å². The van der Waals surface area contributed by atoms with Crippen LogP contribution >= 0.6 is 35.6 Å². The first-order valence-electron chi connectivity index (χ1n) is 10.9. The molecule has 0 aromatic heterocycles. The molecule has 0 aliphatic carbocycles. The van der Waals surface area contributed by atoms with Crippen molar-refractivity contribution in [2.75, 3.05) is 45.9 Å². The molecule has 0 bridgehead atoms. The van der Waals surface area contributed by atoms with Crippen molar-refractivity contribution < 1.29 is 9.53 Å². The normalized spacial score (nSPS) is 20.0. The lowest BCUT2D eigenvalue weighted by Gasteiger charge is -2.37. The van der Waals surface area contributed by atoms with Gasteiger partial charge in [0.05, 0.1) is 13.1 Å². The van der Waals surface area contributed by atoms with E-state index in [9.17, 15) is 4.79 Å². The molecule has 2 aliphatic rings. The second kappa shape index (κ2) is 12.8. The second-order valence-corrected chi connectivity index (χ2v) is 8.64. The number of benzene rings is 1. The average Bonchev–Trinajstić information content (AvgIpc) is 2.74. The summed E-state index contributed by atoms with van der Waals surface area (Å²) < 4.78 is 5.64. The number of carbonyl (C=O) groups is 1. The highest BCUT2D eigenvalue weighted by molar-refractivity contribution is 14.0. The van der Waals surface area contributed by atoms with E-state index in [1.165, 1.54) is 0 Å². The molecule has 31 heavy (non-hydrogen) atoms. The number of piperidine rings is 1. The van der Waals surface area contributed by atoms with Crippen LogP contribution in [0.4, 0.5) is 0 Å². The van der Waals surface area contributed by atoms with E-state index in [0.29, 0.717) is 19.1 Å². The second-order valence-electron chi connectivity index (χ2n) is 8.23. The molecule has 2 saturated heterocycles. The Morgan fingerprint density at radius 3 is 2.58 bits per heavy atom. The number of rotatable bonds is 7. The van der Waals surface area contributed by atoms with Crippen LogP contribution in [0, 0.1) is 0 Å². The molecule has 0 unspecified atom stereocenters. The molecule has 0 spiro atoms. The molecule has 3 rings (SSSR count). The van der Waals surface area contributed by atoms with Crippen molar-refractivity contribution in [3.8, 4) is 0 Å². The molecule has 7 nitrogen and oxygen atoms in total. The zero-order chi connectivity index (χ0) is 21.4. The fourth-order valence-corrected chi connectivity index (χ4v) is 4.70. The van der Waals surface area contributed by atoms with Crippen LogP contribution in [0.15, 0.2) is 29.3 Å². The van der Waals surface area contributed by atoms with Crippen molar-refractivity contribution in [1.82, 2.24) is 15.5 Å². The van der Waals surface area contributed by atoms with E-state index in [-0.39, 0.29) is 35.3 Å². The van der Waals surface area contributed by atoms with E-state index in [4.69, 9.17) is 27.1 Å². The Morgan fingerprint density at radius 2 is 1.97 bits per heavy atom. The summed E-state index contributed by atoms with van der Waals surface area (Å²) in [6.07, 6.45) is 3.73. The van der Waals surface area contributed by atoms with Gasteiger partial charge in [0.25, 0.3) is 0 Å². The van der Waals surface area contributed by atoms with E-state index in [1.807, 2.05) is 18.2 Å². The number of ether oxygens (including phenoxy) is 1. The predicted molar refractivity (Wildman–Crippen MR) is 136 cm³/mol. The van der Waals surface area contributed by atoms with Crippen molar-refractivity contribution in [2.45, 2.75) is 44.1 Å². The number of likely N-dealkylation sites (tertiary alicyclic amines) is 1. The fourth-order valence-electron chi connectivity index (χ4n) is 4.37. The molecule has 9 heteroatoms. The number of amides is 1. The summed E-state index contributed by atoms with van der Waals surface area (Å²) in [5.74, 6) is 0.571. The van der Waals surface area contributed by atoms with Gasteiger partial charge in [-0.1, -0.05) is 29.8 Å². The number of halogens is 2. The smallest absolute Gasteiger partial charge is 0.231 e. The first-order chi connectivity index (χ1) is 14.5. The number of nitrogens with one attached hydrogen (secondary N) is 2. The summed E-state index contributed by atoms with van der Waals surface area (Å²) in [5.41, 5.74) is 6.37. The molecule has 1 aromatic carbocycles. The number of carbonyl (C=O) groups excluding carboxylic acids is 1. The molecule has 174 valence electrons. The molecule has 2 heterocycles. The lowest BCUT2D eigenvalue weighted by Crippen LogP contribution is -2.50. The molecule has 1 amide bonds. The van der Waals surface area contributed by atoms with Gasteiger partial charge in [0.1, 0.15) is 0 Å². The van der Waals surface area contributed by atoms with Crippen molar-refractivity contribution in [1.29, 1.82) is 0 Å². The first kappa shape index (κ1) is 26.2. The van der Waals surface area contributed by atoms with Crippen LogP contribution in [-0.2, 0) is 14.9 Å². The standard InChI is InChI=1S/C22H34ClN5O2.HI/c1-2-25-21(27-17-7-11-28(12-8-17)15-20(24)29)26-16-22(9-13-30-14-10-22)18-5-3-4-6-19(18)23;/h3-6,17H,2,7-16H2,1H3,(H2,24,29)(H2,25,26,27);1H. The van der Waals surface area contributed by atoms with Crippen molar-refractivity contribution in [3.63, 3.8) is 0 Å². The highest BCUT2D eigenvalue weighted by Crippen LogP contribution is 2.38. The van der Waals surface area contributed by atoms with Crippen LogP contribution in [0.1, 0.15) is 38.2 Å². The van der Waals surface area contributed by atoms with Gasteiger partial charge in [-0.3, -0.25) is 14.7 Å². The number of hydrogen-bond acceptors (Lipinski definition) is 4. The van der Waals surface area contributed by atoms with Crippen molar-refractivity contribution in [2.24, 2.45) is 10.7 Å². The number of aliphatic imine (C=N–C) groups is 1. The summed E-state index contributed by atoms with van der Waals surface area (Å²) in [4.78, 5) is 18.2. The van der Waals surface area contributed by atoms with E-state index < -0.39 is 0 Å². The van der Waals surface area contributed by atoms with Crippen molar-refractivity contribution >= 4 is 47.4 Å². The van der Waals surface area contributed by atoms with Crippen LogP contribution in [0.5, 0.6) is 0 Å². The lowest BCUT2D eigenvalue weighted by molar-refractivity contribution is -0.119. The maximum atomic E-state index is 11.1. The zero-order valence-corrected chi connectivity index (χ0v) is 21.3. The summed E-state index contributed by atoms with van der Waals surface area (Å²) in [6, 6.07) is 8.43. The Kier molecular flexibility index (Phi) is 10.8. The predicted octanol–water partition coefficient (Wildman–Crippen LogP) is 2.51. The average molecular weight is 564 g/mol. The SMILES string of the molecule is CCNC(=NCC1(c2ccccc2Cl)CCOCC1)NC1CCN(CC(N)=O)CC1.I. The number of nitrogens with two attached hydrogens (primary N) is 1. The van der Waals surface area contributed by atoms with Crippen LogP contribution in [0.3, 0.4) is 0 Å². The number of hydrogen-bond donors (Lipinski definition) is 3. The quantitative estimate of drug-likeness (QED) is 0.269. The molecule has 0 saturated carbocycles. The molecule has 0 atom stereocenters. The van der Waals surface area contributed by atoms with Crippen molar-refractivity contribution in [3.05, 3.63) is 34.9 Å². The minimum atomic E-state index is -0.266. The molecular weight excluding hydrogens is 529 g/mol. The lowest BCUT2D eigenvalue weighted by atomic mass is 9.74. The number of primary amides is 1. The third-order valence-corrected chi connectivity index (χ3v) is 6.42. The Labute approximate surface area is 207 Å². The van der Waals surface area contributed by atoms with Gasteiger partial charge in [0.2, 0.25) is 5.91 Å². The van der Waals surface area contributed by atoms with E-state index >= 15 is 0 Å². The first-order valence-corrected chi connectivity index (χ1v) is 11.3. The van der Waals surface area contributed by atoms with Gasteiger partial charge in [0.15, 0.2) is 5.96 Å². The molecule has 2 aliphatic heterocycles. The highest BCUT2D eigenvalue weighted by Gasteiger charge is 2.36. The maximum absolute atomic E-state index is 11.1. The van der Waals surface area contributed by atoms with Gasteiger partial charge in [-0.2, -0.15) is 0 Å². The summed E-state index contributed by atoms with van der Waals surface area (Å²) in [5, 5.41) is 7.77. The topological polar surface area (TPSA) is 92.0 Å². The summed E-state index contributed by atoms with van der Waals surface area (Å²) in [6.45, 7) is 7.05. The molecule has 4 N–H and O–H groups in total. The molecule has 0 radical (unpaired) electrons. The Balaban J connectivity index is 0.00000341. The van der Waals surface area contributed by atoms with Crippen LogP contribution in [0.2, 0.25) is 5.02 Å². The summed E-state index contributed by atoms with van der Waals surface area (Å²) >= 11 is 6.57. The Hall–Kier alpha value is -1.10. The maximum Gasteiger partial charge on any atom is 0.231 e. The van der Waals surface area contributed by atoms with E-state index in [0.717, 1.165) is 75.1 Å². The van der Waals surface area contributed by atoms with Crippen LogP contribution in [0.25, 0.3) is 0 Å². The zero-order valence-electron chi connectivity index (χ0n) is 18.2. The number of nitrogens with zero attached hydrogens (tertiary/aromatic N) is 2. The van der Waals surface area contributed by atoms with E-state index in [2.05, 4.69) is 28.5 Å². The minimum Gasteiger partial charge on any atom is -0.381 e. The Bertz CT molecular complexity index is 734. The van der Waals surface area contributed by atoms with Gasteiger partial charge < -0.3 is 21.1 Å². The summed E-state index contributed by atoms with van der Waals surface area (Å²) in [7, 11) is 0. The van der Waals surface area contributed by atoms with Gasteiger partial charge in [-0.25, -0.2) is 0 Å². The molecular formula is C22H35ClIN5O2. The third-order valence-electron chi connectivity index (χ3n) is 6.09. The van der Waals surface area contributed by atoms with Gasteiger partial charge in [-0.05, 0) is 44.2 Å². The molecule has 1 aromatic rings. The minimum absolute atomic E-state index is 0.